The van der Waals surface area contributed by atoms with Crippen LogP contribution < -0.4 is 5.32 Å². The highest BCUT2D eigenvalue weighted by atomic mass is 15.2. The van der Waals surface area contributed by atoms with Crippen molar-refractivity contribution in [2.24, 2.45) is 0 Å². The standard InChI is InChI=1S/C18H30N2/c1-3-12-19-13-7-8-16(2)20-14-11-18(15-20)17-9-5-4-6-10-17/h4-6,9-10,16,18-19H,3,7-8,11-15H2,1-2H3. The molecule has 2 rings (SSSR count). The van der Waals surface area contributed by atoms with Gasteiger partial charge in [0.15, 0.2) is 0 Å². The molecule has 0 amide bonds. The summed E-state index contributed by atoms with van der Waals surface area (Å²) in [4.78, 5) is 2.68. The summed E-state index contributed by atoms with van der Waals surface area (Å²) in [5.74, 6) is 0.747. The van der Waals surface area contributed by atoms with Crippen LogP contribution in [0, 0.1) is 0 Å². The molecular weight excluding hydrogens is 244 g/mol. The van der Waals surface area contributed by atoms with Gasteiger partial charge in [0, 0.05) is 12.6 Å². The van der Waals surface area contributed by atoms with E-state index in [-0.39, 0.29) is 0 Å². The van der Waals surface area contributed by atoms with Gasteiger partial charge < -0.3 is 10.2 Å². The molecule has 1 aromatic carbocycles. The minimum absolute atomic E-state index is 0.729. The molecule has 1 aliphatic heterocycles. The fourth-order valence-corrected chi connectivity index (χ4v) is 3.19. The Morgan fingerprint density at radius 1 is 1.25 bits per heavy atom. The van der Waals surface area contributed by atoms with Gasteiger partial charge in [-0.25, -0.2) is 0 Å². The molecule has 0 saturated carbocycles. The van der Waals surface area contributed by atoms with Crippen LogP contribution in [0.5, 0.6) is 0 Å². The van der Waals surface area contributed by atoms with Crippen molar-refractivity contribution in [2.75, 3.05) is 26.2 Å². The van der Waals surface area contributed by atoms with Crippen molar-refractivity contribution in [3.05, 3.63) is 35.9 Å². The third-order valence-corrected chi connectivity index (χ3v) is 4.52. The lowest BCUT2D eigenvalue weighted by molar-refractivity contribution is 0.240. The topological polar surface area (TPSA) is 15.3 Å². The molecule has 2 heteroatoms. The maximum absolute atomic E-state index is 3.50. The Hall–Kier alpha value is -0.860. The Morgan fingerprint density at radius 2 is 2.05 bits per heavy atom. The van der Waals surface area contributed by atoms with Crippen molar-refractivity contribution in [1.29, 1.82) is 0 Å². The van der Waals surface area contributed by atoms with Crippen LogP contribution in [0.4, 0.5) is 0 Å². The molecule has 0 bridgehead atoms. The van der Waals surface area contributed by atoms with Crippen LogP contribution in [0.15, 0.2) is 30.3 Å². The highest BCUT2D eigenvalue weighted by molar-refractivity contribution is 5.21. The van der Waals surface area contributed by atoms with Crippen molar-refractivity contribution in [3.63, 3.8) is 0 Å². The van der Waals surface area contributed by atoms with Crippen molar-refractivity contribution in [2.45, 2.75) is 51.5 Å². The van der Waals surface area contributed by atoms with Crippen molar-refractivity contribution in [1.82, 2.24) is 10.2 Å². The van der Waals surface area contributed by atoms with Crippen molar-refractivity contribution < 1.29 is 0 Å². The number of nitrogens with one attached hydrogen (secondary N) is 1. The highest BCUT2D eigenvalue weighted by Crippen LogP contribution is 2.28. The van der Waals surface area contributed by atoms with E-state index in [0.717, 1.165) is 18.5 Å². The Morgan fingerprint density at radius 3 is 2.80 bits per heavy atom. The number of benzene rings is 1. The molecule has 0 aromatic heterocycles. The molecule has 2 nitrogen and oxygen atoms in total. The molecular formula is C18H30N2. The summed E-state index contributed by atoms with van der Waals surface area (Å²) in [5.41, 5.74) is 1.52. The molecule has 1 saturated heterocycles. The molecule has 112 valence electrons. The van der Waals surface area contributed by atoms with Gasteiger partial charge in [-0.15, -0.1) is 0 Å². The second kappa shape index (κ2) is 8.43. The first kappa shape index (κ1) is 15.5. The second-order valence-corrected chi connectivity index (χ2v) is 6.13. The SMILES string of the molecule is CCCNCCCC(C)N1CCC(c2ccccc2)C1. The molecule has 1 heterocycles. The van der Waals surface area contributed by atoms with Gasteiger partial charge in [0.25, 0.3) is 0 Å². The van der Waals surface area contributed by atoms with E-state index in [2.05, 4.69) is 54.4 Å². The fourth-order valence-electron chi connectivity index (χ4n) is 3.19. The quantitative estimate of drug-likeness (QED) is 0.728. The smallest absolute Gasteiger partial charge is 0.00676 e. The lowest BCUT2D eigenvalue weighted by atomic mass is 9.99. The van der Waals surface area contributed by atoms with Crippen LogP contribution in [0.1, 0.15) is 51.0 Å². The number of rotatable bonds is 8. The first-order valence-electron chi connectivity index (χ1n) is 8.31. The van der Waals surface area contributed by atoms with Gasteiger partial charge in [0.1, 0.15) is 0 Å². The number of hydrogen-bond acceptors (Lipinski definition) is 2. The molecule has 0 radical (unpaired) electrons. The zero-order chi connectivity index (χ0) is 14.2. The van der Waals surface area contributed by atoms with Gasteiger partial charge >= 0.3 is 0 Å². The summed E-state index contributed by atoms with van der Waals surface area (Å²) in [6, 6.07) is 11.7. The van der Waals surface area contributed by atoms with Gasteiger partial charge in [-0.3, -0.25) is 0 Å². The zero-order valence-corrected chi connectivity index (χ0v) is 13.1. The molecule has 0 aliphatic carbocycles. The van der Waals surface area contributed by atoms with Gasteiger partial charge in [0.2, 0.25) is 0 Å². The minimum atomic E-state index is 0.729. The Labute approximate surface area is 124 Å². The molecule has 20 heavy (non-hydrogen) atoms. The third-order valence-electron chi connectivity index (χ3n) is 4.52. The molecule has 2 atom stereocenters. The summed E-state index contributed by atoms with van der Waals surface area (Å²) in [7, 11) is 0. The van der Waals surface area contributed by atoms with Gasteiger partial charge in [-0.05, 0) is 63.7 Å². The van der Waals surface area contributed by atoms with E-state index in [9.17, 15) is 0 Å². The van der Waals surface area contributed by atoms with Crippen LogP contribution >= 0.6 is 0 Å². The largest absolute Gasteiger partial charge is 0.317 e. The zero-order valence-electron chi connectivity index (χ0n) is 13.1. The number of hydrogen-bond donors (Lipinski definition) is 1. The van der Waals surface area contributed by atoms with E-state index >= 15 is 0 Å². The lowest BCUT2D eigenvalue weighted by Crippen LogP contribution is -2.31. The maximum atomic E-state index is 3.50. The van der Waals surface area contributed by atoms with Crippen LogP contribution in [-0.4, -0.2) is 37.1 Å². The average Bonchev–Trinajstić information content (AvgIpc) is 2.98. The predicted octanol–water partition coefficient (Wildman–Crippen LogP) is 3.64. The van der Waals surface area contributed by atoms with Crippen LogP contribution in [0.2, 0.25) is 0 Å². The van der Waals surface area contributed by atoms with Gasteiger partial charge in [0.05, 0.1) is 0 Å². The Balaban J connectivity index is 1.69. The Kier molecular flexibility index (Phi) is 6.55. The predicted molar refractivity (Wildman–Crippen MR) is 87.2 cm³/mol. The molecule has 1 N–H and O–H groups in total. The summed E-state index contributed by atoms with van der Waals surface area (Å²) in [6.45, 7) is 9.47. The summed E-state index contributed by atoms with van der Waals surface area (Å²) in [6.07, 6.45) is 5.18. The van der Waals surface area contributed by atoms with Crippen molar-refractivity contribution >= 4 is 0 Å². The van der Waals surface area contributed by atoms with Gasteiger partial charge in [-0.1, -0.05) is 37.3 Å². The first-order valence-corrected chi connectivity index (χ1v) is 8.31. The number of likely N-dealkylation sites (tertiary alicyclic amines) is 1. The fraction of sp³-hybridized carbons (Fsp3) is 0.667. The summed E-state index contributed by atoms with van der Waals surface area (Å²) >= 11 is 0. The van der Waals surface area contributed by atoms with Crippen LogP contribution in [0.3, 0.4) is 0 Å². The molecule has 2 unspecified atom stereocenters. The molecule has 1 aliphatic rings. The highest BCUT2D eigenvalue weighted by Gasteiger charge is 2.26. The van der Waals surface area contributed by atoms with Crippen molar-refractivity contribution in [3.8, 4) is 0 Å². The van der Waals surface area contributed by atoms with Gasteiger partial charge in [-0.2, -0.15) is 0 Å². The van der Waals surface area contributed by atoms with Crippen LogP contribution in [0.25, 0.3) is 0 Å². The second-order valence-electron chi connectivity index (χ2n) is 6.13. The first-order chi connectivity index (χ1) is 9.81. The molecule has 1 fully saturated rings. The van der Waals surface area contributed by atoms with E-state index in [0.29, 0.717) is 0 Å². The molecule has 0 spiro atoms. The van der Waals surface area contributed by atoms with E-state index in [1.54, 1.807) is 0 Å². The molecule has 1 aromatic rings. The summed E-state index contributed by atoms with van der Waals surface area (Å²) < 4.78 is 0. The van der Waals surface area contributed by atoms with E-state index in [1.165, 1.54) is 50.9 Å². The minimum Gasteiger partial charge on any atom is -0.317 e. The van der Waals surface area contributed by atoms with E-state index in [4.69, 9.17) is 0 Å². The maximum Gasteiger partial charge on any atom is 0.00676 e. The number of nitrogens with zero attached hydrogens (tertiary/aromatic N) is 1. The Bertz CT molecular complexity index is 363. The lowest BCUT2D eigenvalue weighted by Gasteiger charge is -2.24. The van der Waals surface area contributed by atoms with E-state index in [1.807, 2.05) is 0 Å². The monoisotopic (exact) mass is 274 g/mol. The van der Waals surface area contributed by atoms with E-state index < -0.39 is 0 Å². The average molecular weight is 274 g/mol. The normalized spacial score (nSPS) is 21.2. The summed E-state index contributed by atoms with van der Waals surface area (Å²) in [5, 5.41) is 3.50. The third kappa shape index (κ3) is 4.60. The van der Waals surface area contributed by atoms with Crippen LogP contribution in [-0.2, 0) is 0 Å².